The first kappa shape index (κ1) is 16.8. The molecule has 2 rings (SSSR count). The predicted octanol–water partition coefficient (Wildman–Crippen LogP) is 3.69. The highest BCUT2D eigenvalue weighted by Crippen LogP contribution is 2.13. The molecule has 5 nitrogen and oxygen atoms in total. The van der Waals surface area contributed by atoms with Gasteiger partial charge in [0, 0.05) is 12.7 Å². The smallest absolute Gasteiger partial charge is 0.407 e. The Balaban J connectivity index is 1.79. The minimum Gasteiger partial charge on any atom is -0.487 e. The second-order valence-corrected chi connectivity index (χ2v) is 5.15. The highest BCUT2D eigenvalue weighted by Gasteiger charge is 2.03. The van der Waals surface area contributed by atoms with E-state index in [0.29, 0.717) is 25.5 Å². The maximum Gasteiger partial charge on any atom is 0.407 e. The first-order valence-electron chi connectivity index (χ1n) is 7.79. The Hall–Kier alpha value is -2.56. The fourth-order valence-corrected chi connectivity index (χ4v) is 1.91. The first-order chi connectivity index (χ1) is 11.3. The van der Waals surface area contributed by atoms with Crippen molar-refractivity contribution in [3.8, 4) is 5.75 Å². The van der Waals surface area contributed by atoms with Crippen LogP contribution in [0.3, 0.4) is 0 Å². The molecule has 0 unspecified atom stereocenters. The van der Waals surface area contributed by atoms with Crippen molar-refractivity contribution in [3.63, 3.8) is 0 Å². The summed E-state index contributed by atoms with van der Waals surface area (Å²) in [4.78, 5) is 15.6. The molecule has 0 saturated heterocycles. The van der Waals surface area contributed by atoms with E-state index in [1.807, 2.05) is 43.3 Å². The summed E-state index contributed by atoms with van der Waals surface area (Å²) in [5, 5.41) is 2.70. The Labute approximate surface area is 136 Å². The third-order valence-corrected chi connectivity index (χ3v) is 3.19. The van der Waals surface area contributed by atoms with E-state index in [0.717, 1.165) is 24.0 Å². The van der Waals surface area contributed by atoms with E-state index in [1.165, 1.54) is 0 Å². The molecule has 122 valence electrons. The second kappa shape index (κ2) is 9.46. The van der Waals surface area contributed by atoms with Crippen LogP contribution in [0, 0.1) is 0 Å². The lowest BCUT2D eigenvalue weighted by molar-refractivity contribution is 0.144. The third-order valence-electron chi connectivity index (χ3n) is 3.19. The Bertz CT molecular complexity index is 602. The lowest BCUT2D eigenvalue weighted by Crippen LogP contribution is -2.24. The van der Waals surface area contributed by atoms with E-state index >= 15 is 0 Å². The molecule has 1 heterocycles. The number of unbranched alkanes of at least 4 members (excludes halogenated alkanes) is 1. The van der Waals surface area contributed by atoms with Gasteiger partial charge in [-0.15, -0.1) is 0 Å². The van der Waals surface area contributed by atoms with Gasteiger partial charge in [0.25, 0.3) is 0 Å². The topological polar surface area (TPSA) is 60.5 Å². The molecule has 0 atom stereocenters. The number of ether oxygens (including phenoxy) is 2. The molecule has 2 aromatic rings. The molecule has 23 heavy (non-hydrogen) atoms. The van der Waals surface area contributed by atoms with Gasteiger partial charge in [-0.3, -0.25) is 4.98 Å². The second-order valence-electron chi connectivity index (χ2n) is 5.15. The van der Waals surface area contributed by atoms with Gasteiger partial charge >= 0.3 is 6.09 Å². The summed E-state index contributed by atoms with van der Waals surface area (Å²) >= 11 is 0. The van der Waals surface area contributed by atoms with Crippen molar-refractivity contribution in [3.05, 3.63) is 59.9 Å². The largest absolute Gasteiger partial charge is 0.487 e. The van der Waals surface area contributed by atoms with Crippen LogP contribution in [-0.2, 0) is 17.9 Å². The maximum absolute atomic E-state index is 11.5. The van der Waals surface area contributed by atoms with Crippen LogP contribution in [0.4, 0.5) is 4.79 Å². The predicted molar refractivity (Wildman–Crippen MR) is 88.1 cm³/mol. The molecule has 1 aromatic heterocycles. The van der Waals surface area contributed by atoms with Gasteiger partial charge in [-0.2, -0.15) is 0 Å². The molecule has 1 aromatic carbocycles. The molecule has 0 saturated carbocycles. The number of carbonyl (C=O) groups is 1. The van der Waals surface area contributed by atoms with Crippen molar-refractivity contribution in [2.24, 2.45) is 0 Å². The van der Waals surface area contributed by atoms with Crippen LogP contribution in [0.2, 0.25) is 0 Å². The number of hydrogen-bond acceptors (Lipinski definition) is 4. The molecule has 1 N–H and O–H groups in total. The third kappa shape index (κ3) is 6.38. The fraction of sp³-hybridized carbons (Fsp3) is 0.333. The van der Waals surface area contributed by atoms with Gasteiger partial charge in [-0.05, 0) is 23.6 Å². The van der Waals surface area contributed by atoms with Crippen LogP contribution in [0.5, 0.6) is 5.75 Å². The Morgan fingerprint density at radius 2 is 2.00 bits per heavy atom. The number of nitrogens with zero attached hydrogens (tertiary/aromatic N) is 1. The monoisotopic (exact) mass is 314 g/mol. The Kier molecular flexibility index (Phi) is 6.91. The lowest BCUT2D eigenvalue weighted by atomic mass is 10.2. The van der Waals surface area contributed by atoms with Gasteiger partial charge in [0.15, 0.2) is 0 Å². The number of benzene rings is 1. The zero-order chi connectivity index (χ0) is 16.3. The van der Waals surface area contributed by atoms with E-state index in [-0.39, 0.29) is 0 Å². The molecule has 0 aliphatic rings. The maximum atomic E-state index is 11.5. The zero-order valence-electron chi connectivity index (χ0n) is 13.3. The van der Waals surface area contributed by atoms with Crippen molar-refractivity contribution in [1.29, 1.82) is 0 Å². The number of nitrogens with one attached hydrogen (secondary N) is 1. The number of carbonyl (C=O) groups excluding carboxylic acids is 1. The first-order valence-corrected chi connectivity index (χ1v) is 7.79. The van der Waals surface area contributed by atoms with Crippen LogP contribution >= 0.6 is 0 Å². The fourth-order valence-electron chi connectivity index (χ4n) is 1.91. The van der Waals surface area contributed by atoms with E-state index in [9.17, 15) is 4.79 Å². The molecular weight excluding hydrogens is 292 g/mol. The highest BCUT2D eigenvalue weighted by molar-refractivity contribution is 5.67. The standard InChI is InChI=1S/C18H22N2O3/c1-2-3-9-22-18(21)20-12-16-10-17(13-19-11-16)23-14-15-7-5-4-6-8-15/h4-8,10-11,13H,2-3,9,12,14H2,1H3,(H,20,21). The van der Waals surface area contributed by atoms with E-state index in [1.54, 1.807) is 12.4 Å². The summed E-state index contributed by atoms with van der Waals surface area (Å²) < 4.78 is 10.8. The Morgan fingerprint density at radius 1 is 1.17 bits per heavy atom. The van der Waals surface area contributed by atoms with Gasteiger partial charge in [-0.1, -0.05) is 43.7 Å². The number of hydrogen-bond donors (Lipinski definition) is 1. The molecule has 0 aliphatic heterocycles. The molecular formula is C18H22N2O3. The summed E-state index contributed by atoms with van der Waals surface area (Å²) in [6, 6.07) is 11.8. The molecule has 5 heteroatoms. The Morgan fingerprint density at radius 3 is 2.78 bits per heavy atom. The van der Waals surface area contributed by atoms with Crippen LogP contribution < -0.4 is 10.1 Å². The normalized spacial score (nSPS) is 10.1. The highest BCUT2D eigenvalue weighted by atomic mass is 16.5. The van der Waals surface area contributed by atoms with Crippen molar-refractivity contribution < 1.29 is 14.3 Å². The van der Waals surface area contributed by atoms with Gasteiger partial charge in [0.2, 0.25) is 0 Å². The summed E-state index contributed by atoms with van der Waals surface area (Å²) in [7, 11) is 0. The van der Waals surface area contributed by atoms with Gasteiger partial charge in [0.05, 0.1) is 12.8 Å². The average Bonchev–Trinajstić information content (AvgIpc) is 2.60. The van der Waals surface area contributed by atoms with Crippen LogP contribution in [0.25, 0.3) is 0 Å². The number of rotatable bonds is 8. The summed E-state index contributed by atoms with van der Waals surface area (Å²) in [5.74, 6) is 0.674. The van der Waals surface area contributed by atoms with Gasteiger partial charge in [-0.25, -0.2) is 4.79 Å². The molecule has 1 amide bonds. The molecule has 0 radical (unpaired) electrons. The van der Waals surface area contributed by atoms with Gasteiger partial charge in [0.1, 0.15) is 12.4 Å². The van der Waals surface area contributed by atoms with Crippen molar-refractivity contribution in [1.82, 2.24) is 10.3 Å². The van der Waals surface area contributed by atoms with E-state index in [4.69, 9.17) is 9.47 Å². The number of aromatic nitrogens is 1. The summed E-state index contributed by atoms with van der Waals surface area (Å²) in [6.07, 6.45) is 4.82. The van der Waals surface area contributed by atoms with E-state index < -0.39 is 6.09 Å². The minimum absolute atomic E-state index is 0.362. The molecule has 0 spiro atoms. The minimum atomic E-state index is -0.408. The molecule has 0 fully saturated rings. The number of alkyl carbamates (subject to hydrolysis) is 1. The molecule has 0 aliphatic carbocycles. The number of pyridine rings is 1. The zero-order valence-corrected chi connectivity index (χ0v) is 13.3. The van der Waals surface area contributed by atoms with E-state index in [2.05, 4.69) is 10.3 Å². The average molecular weight is 314 g/mol. The van der Waals surface area contributed by atoms with Crippen molar-refractivity contribution in [2.45, 2.75) is 32.9 Å². The van der Waals surface area contributed by atoms with Crippen LogP contribution in [0.15, 0.2) is 48.8 Å². The van der Waals surface area contributed by atoms with Crippen molar-refractivity contribution >= 4 is 6.09 Å². The van der Waals surface area contributed by atoms with Crippen LogP contribution in [-0.4, -0.2) is 17.7 Å². The van der Waals surface area contributed by atoms with Gasteiger partial charge < -0.3 is 14.8 Å². The SMILES string of the molecule is CCCCOC(=O)NCc1cncc(OCc2ccccc2)c1. The number of amides is 1. The quantitative estimate of drug-likeness (QED) is 0.755. The lowest BCUT2D eigenvalue weighted by Gasteiger charge is -2.09. The molecule has 0 bridgehead atoms. The summed E-state index contributed by atoms with van der Waals surface area (Å²) in [5.41, 5.74) is 1.96. The van der Waals surface area contributed by atoms with Crippen molar-refractivity contribution in [2.75, 3.05) is 6.61 Å². The summed E-state index contributed by atoms with van der Waals surface area (Å²) in [6.45, 7) is 3.34. The van der Waals surface area contributed by atoms with Crippen LogP contribution in [0.1, 0.15) is 30.9 Å².